The number of fused-ring (bicyclic) bond motifs is 1. The summed E-state index contributed by atoms with van der Waals surface area (Å²) in [7, 11) is 0. The topological polar surface area (TPSA) is 101 Å². The Morgan fingerprint density at radius 2 is 1.70 bits per heavy atom. The Balaban J connectivity index is 1.39. The Morgan fingerprint density at radius 3 is 2.43 bits per heavy atom. The summed E-state index contributed by atoms with van der Waals surface area (Å²) in [6.45, 7) is 0. The van der Waals surface area contributed by atoms with Crippen LogP contribution in [0, 0.1) is 5.92 Å². The average molecular weight is 398 g/mol. The maximum atomic E-state index is 12.4. The number of hydrogen-bond acceptors (Lipinski definition) is 5. The molecule has 0 spiro atoms. The van der Waals surface area contributed by atoms with Crippen LogP contribution in [0.1, 0.15) is 23.2 Å². The number of carbonyl (C=O) groups is 2. The van der Waals surface area contributed by atoms with Crippen LogP contribution < -0.4 is 10.6 Å². The van der Waals surface area contributed by atoms with Crippen molar-refractivity contribution in [2.75, 3.05) is 10.6 Å². The molecule has 8 heteroatoms. The summed E-state index contributed by atoms with van der Waals surface area (Å²) in [5, 5.41) is 10.1. The number of rotatable bonds is 5. The first-order valence-electron chi connectivity index (χ1n) is 9.66. The van der Waals surface area contributed by atoms with Gasteiger partial charge in [0, 0.05) is 35.1 Å². The molecule has 4 aromatic rings. The standard InChI is InChI=1S/C22H18N6O2/c29-20(24-17-10-12-23-13-11-17)15-6-4-14(5-7-15)18-2-1-3-19-25-22(27-28(18)19)26-21(30)16-8-9-16/h1-7,10-13,16H,8-9H2,(H,23,24,29)(H,26,27,30). The van der Waals surface area contributed by atoms with Gasteiger partial charge in [-0.25, -0.2) is 4.52 Å². The molecule has 2 N–H and O–H groups in total. The molecule has 30 heavy (non-hydrogen) atoms. The summed E-state index contributed by atoms with van der Waals surface area (Å²) in [6.07, 6.45) is 5.09. The quantitative estimate of drug-likeness (QED) is 0.537. The van der Waals surface area contributed by atoms with Crippen molar-refractivity contribution < 1.29 is 9.59 Å². The van der Waals surface area contributed by atoms with E-state index >= 15 is 0 Å². The van der Waals surface area contributed by atoms with Gasteiger partial charge in [-0.1, -0.05) is 18.2 Å². The van der Waals surface area contributed by atoms with Gasteiger partial charge >= 0.3 is 0 Å². The Morgan fingerprint density at radius 1 is 0.933 bits per heavy atom. The summed E-state index contributed by atoms with van der Waals surface area (Å²) in [4.78, 5) is 32.8. The van der Waals surface area contributed by atoms with E-state index in [0.29, 0.717) is 22.8 Å². The van der Waals surface area contributed by atoms with Gasteiger partial charge in [0.05, 0.1) is 5.69 Å². The summed E-state index contributed by atoms with van der Waals surface area (Å²) >= 11 is 0. The number of nitrogens with one attached hydrogen (secondary N) is 2. The first-order valence-corrected chi connectivity index (χ1v) is 9.66. The molecule has 1 aliphatic carbocycles. The minimum Gasteiger partial charge on any atom is -0.322 e. The second kappa shape index (κ2) is 7.40. The maximum absolute atomic E-state index is 12.4. The van der Waals surface area contributed by atoms with Crippen LogP contribution in [0.15, 0.2) is 67.0 Å². The van der Waals surface area contributed by atoms with Crippen molar-refractivity contribution in [2.45, 2.75) is 12.8 Å². The summed E-state index contributed by atoms with van der Waals surface area (Å²) in [5.41, 5.74) is 3.56. The van der Waals surface area contributed by atoms with Crippen LogP contribution in [0.25, 0.3) is 16.9 Å². The van der Waals surface area contributed by atoms with Crippen molar-refractivity contribution in [1.29, 1.82) is 0 Å². The Labute approximate surface area is 172 Å². The normalized spacial score (nSPS) is 13.2. The van der Waals surface area contributed by atoms with Crippen molar-refractivity contribution in [2.24, 2.45) is 5.92 Å². The number of pyridine rings is 2. The van der Waals surface area contributed by atoms with E-state index < -0.39 is 0 Å². The molecule has 0 saturated heterocycles. The lowest BCUT2D eigenvalue weighted by Crippen LogP contribution is -2.14. The molecule has 0 unspecified atom stereocenters. The Kier molecular flexibility index (Phi) is 4.44. The molecule has 1 aromatic carbocycles. The van der Waals surface area contributed by atoms with Crippen LogP contribution >= 0.6 is 0 Å². The Bertz CT molecular complexity index is 1230. The van der Waals surface area contributed by atoms with E-state index in [0.717, 1.165) is 24.1 Å². The van der Waals surface area contributed by atoms with Crippen LogP contribution in [0.2, 0.25) is 0 Å². The zero-order valence-electron chi connectivity index (χ0n) is 15.9. The first kappa shape index (κ1) is 18.0. The molecule has 148 valence electrons. The fraction of sp³-hybridized carbons (Fsp3) is 0.136. The number of aromatic nitrogens is 4. The van der Waals surface area contributed by atoms with E-state index in [1.165, 1.54) is 0 Å². The zero-order valence-corrected chi connectivity index (χ0v) is 15.9. The van der Waals surface area contributed by atoms with E-state index in [1.807, 2.05) is 30.3 Å². The number of anilines is 2. The van der Waals surface area contributed by atoms with Gasteiger partial charge in [-0.15, -0.1) is 5.10 Å². The van der Waals surface area contributed by atoms with E-state index in [9.17, 15) is 9.59 Å². The average Bonchev–Trinajstić information content (AvgIpc) is 3.54. The third kappa shape index (κ3) is 3.62. The lowest BCUT2D eigenvalue weighted by atomic mass is 10.1. The molecule has 0 atom stereocenters. The van der Waals surface area contributed by atoms with Crippen LogP contribution in [0.3, 0.4) is 0 Å². The predicted molar refractivity (Wildman–Crippen MR) is 112 cm³/mol. The molecule has 0 bridgehead atoms. The molecule has 0 radical (unpaired) electrons. The highest BCUT2D eigenvalue weighted by Gasteiger charge is 2.30. The summed E-state index contributed by atoms with van der Waals surface area (Å²) in [5.74, 6) is 0.156. The van der Waals surface area contributed by atoms with Crippen molar-refractivity contribution in [3.8, 4) is 11.3 Å². The van der Waals surface area contributed by atoms with Crippen molar-refractivity contribution in [3.05, 3.63) is 72.6 Å². The monoisotopic (exact) mass is 398 g/mol. The van der Waals surface area contributed by atoms with Crippen LogP contribution in [-0.2, 0) is 4.79 Å². The van der Waals surface area contributed by atoms with Crippen molar-refractivity contribution in [3.63, 3.8) is 0 Å². The van der Waals surface area contributed by atoms with Gasteiger partial charge in [0.15, 0.2) is 5.65 Å². The van der Waals surface area contributed by atoms with Gasteiger partial charge in [0.25, 0.3) is 5.91 Å². The molecule has 2 amide bonds. The van der Waals surface area contributed by atoms with Crippen LogP contribution in [0.4, 0.5) is 11.6 Å². The van der Waals surface area contributed by atoms with E-state index in [4.69, 9.17) is 0 Å². The van der Waals surface area contributed by atoms with Gasteiger partial charge in [-0.3, -0.25) is 19.9 Å². The maximum Gasteiger partial charge on any atom is 0.255 e. The molecule has 5 rings (SSSR count). The highest BCUT2D eigenvalue weighted by molar-refractivity contribution is 6.04. The SMILES string of the molecule is O=C(Nc1ccncc1)c1ccc(-c2cccc3nc(NC(=O)C4CC4)nn23)cc1. The van der Waals surface area contributed by atoms with Gasteiger partial charge in [-0.05, 0) is 49.2 Å². The van der Waals surface area contributed by atoms with E-state index in [1.54, 1.807) is 41.2 Å². The van der Waals surface area contributed by atoms with E-state index in [2.05, 4.69) is 25.7 Å². The zero-order chi connectivity index (χ0) is 20.5. The third-order valence-corrected chi connectivity index (χ3v) is 4.92. The molecule has 1 aliphatic rings. The molecule has 3 heterocycles. The minimum absolute atomic E-state index is 0.0305. The molecule has 0 aliphatic heterocycles. The van der Waals surface area contributed by atoms with Gasteiger partial charge in [0.2, 0.25) is 11.9 Å². The van der Waals surface area contributed by atoms with Gasteiger partial charge in [-0.2, -0.15) is 4.98 Å². The highest BCUT2D eigenvalue weighted by atomic mass is 16.2. The van der Waals surface area contributed by atoms with Crippen molar-refractivity contribution in [1.82, 2.24) is 19.6 Å². The molecule has 3 aromatic heterocycles. The number of nitrogens with zero attached hydrogens (tertiary/aromatic N) is 4. The second-order valence-corrected chi connectivity index (χ2v) is 7.15. The first-order chi connectivity index (χ1) is 14.7. The summed E-state index contributed by atoms with van der Waals surface area (Å²) in [6, 6.07) is 16.3. The van der Waals surface area contributed by atoms with Crippen LogP contribution in [-0.4, -0.2) is 31.4 Å². The highest BCUT2D eigenvalue weighted by Crippen LogP contribution is 2.30. The summed E-state index contributed by atoms with van der Waals surface area (Å²) < 4.78 is 1.69. The molecule has 1 fully saturated rings. The fourth-order valence-corrected chi connectivity index (χ4v) is 3.17. The van der Waals surface area contributed by atoms with Crippen LogP contribution in [0.5, 0.6) is 0 Å². The Hall–Kier alpha value is -4.07. The number of benzene rings is 1. The van der Waals surface area contributed by atoms with Gasteiger partial charge < -0.3 is 5.32 Å². The molecule has 1 saturated carbocycles. The number of hydrogen-bond donors (Lipinski definition) is 2. The lowest BCUT2D eigenvalue weighted by molar-refractivity contribution is -0.117. The minimum atomic E-state index is -0.197. The smallest absolute Gasteiger partial charge is 0.255 e. The fourth-order valence-electron chi connectivity index (χ4n) is 3.17. The van der Waals surface area contributed by atoms with Crippen molar-refractivity contribution >= 4 is 29.1 Å². The molecular formula is C22H18N6O2. The molecular weight excluding hydrogens is 380 g/mol. The van der Waals surface area contributed by atoms with E-state index in [-0.39, 0.29) is 17.7 Å². The number of amides is 2. The largest absolute Gasteiger partial charge is 0.322 e. The lowest BCUT2D eigenvalue weighted by Gasteiger charge is -2.07. The molecule has 8 nitrogen and oxygen atoms in total. The van der Waals surface area contributed by atoms with Gasteiger partial charge in [0.1, 0.15) is 0 Å². The third-order valence-electron chi connectivity index (χ3n) is 4.92. The number of carbonyl (C=O) groups excluding carboxylic acids is 2. The second-order valence-electron chi connectivity index (χ2n) is 7.15. The predicted octanol–water partition coefficient (Wildman–Crippen LogP) is 3.39.